The van der Waals surface area contributed by atoms with Gasteiger partial charge in [0, 0.05) is 11.1 Å². The highest BCUT2D eigenvalue weighted by Gasteiger charge is 2.64. The van der Waals surface area contributed by atoms with Crippen LogP contribution in [0.1, 0.15) is 51.3 Å². The van der Waals surface area contributed by atoms with Crippen molar-refractivity contribution in [2.75, 3.05) is 11.5 Å². The van der Waals surface area contributed by atoms with Crippen molar-refractivity contribution in [1.29, 1.82) is 5.26 Å². The second-order valence-corrected chi connectivity index (χ2v) is 8.68. The molecule has 0 saturated heterocycles. The van der Waals surface area contributed by atoms with Crippen LogP contribution in [0.4, 0.5) is 5.69 Å². The summed E-state index contributed by atoms with van der Waals surface area (Å²) in [5.74, 6) is -1.14. The number of esters is 1. The van der Waals surface area contributed by atoms with Crippen molar-refractivity contribution in [1.82, 2.24) is 0 Å². The molecule has 1 aromatic carbocycles. The van der Waals surface area contributed by atoms with Crippen LogP contribution in [0, 0.1) is 18.3 Å². The number of amides is 1. The first kappa shape index (κ1) is 20.7. The number of anilines is 1. The van der Waals surface area contributed by atoms with Crippen molar-refractivity contribution in [2.24, 2.45) is 5.73 Å². The van der Waals surface area contributed by atoms with E-state index in [0.717, 1.165) is 16.7 Å². The normalized spacial score (nSPS) is 23.5. The number of hydrogen-bond acceptors (Lipinski definition) is 6. The number of allylic oxidation sites excluding steroid dienone is 2. The Morgan fingerprint density at radius 2 is 1.97 bits per heavy atom. The smallest absolute Gasteiger partial charge is 0.339 e. The fourth-order valence-electron chi connectivity index (χ4n) is 5.18. The molecule has 0 fully saturated rings. The first-order valence-electron chi connectivity index (χ1n) is 10.2. The van der Waals surface area contributed by atoms with Gasteiger partial charge in [0.15, 0.2) is 5.41 Å². The Hall–Kier alpha value is -3.53. The van der Waals surface area contributed by atoms with Crippen molar-refractivity contribution < 1.29 is 19.1 Å². The van der Waals surface area contributed by atoms with Gasteiger partial charge in [-0.05, 0) is 53.2 Å². The molecule has 4 rings (SSSR count). The third-order valence-corrected chi connectivity index (χ3v) is 6.18. The van der Waals surface area contributed by atoms with Crippen molar-refractivity contribution in [2.45, 2.75) is 52.5 Å². The number of benzene rings is 1. The number of aryl methyl sites for hydroxylation is 1. The molecule has 1 spiro atoms. The molecule has 0 bridgehead atoms. The van der Waals surface area contributed by atoms with Gasteiger partial charge >= 0.3 is 5.97 Å². The minimum Gasteiger partial charge on any atom is -0.462 e. The van der Waals surface area contributed by atoms with Crippen molar-refractivity contribution >= 4 is 23.1 Å². The lowest BCUT2D eigenvalue weighted by Gasteiger charge is -2.40. The summed E-state index contributed by atoms with van der Waals surface area (Å²) in [6, 6.07) is 5.94. The average Bonchev–Trinajstić information content (AvgIpc) is 2.90. The molecule has 0 saturated carbocycles. The SMILES string of the molecule is CCOC(=O)C1=C(C)OC(N)=C(C#N)[C@@]12C(=O)N1c3c(cc(C)cc32)C(C)=CC1(C)C. The van der Waals surface area contributed by atoms with E-state index in [1.807, 2.05) is 45.9 Å². The van der Waals surface area contributed by atoms with E-state index in [0.29, 0.717) is 11.3 Å². The molecule has 7 heteroatoms. The molecule has 7 nitrogen and oxygen atoms in total. The number of carbonyl (C=O) groups is 2. The Bertz CT molecular complexity index is 1200. The van der Waals surface area contributed by atoms with E-state index < -0.39 is 22.8 Å². The maximum absolute atomic E-state index is 14.3. The van der Waals surface area contributed by atoms with Crippen LogP contribution < -0.4 is 10.6 Å². The lowest BCUT2D eigenvalue weighted by Crippen LogP contribution is -2.54. The monoisotopic (exact) mass is 419 g/mol. The van der Waals surface area contributed by atoms with E-state index in [-0.39, 0.29) is 29.4 Å². The fraction of sp³-hybridized carbons (Fsp3) is 0.375. The summed E-state index contributed by atoms with van der Waals surface area (Å²) < 4.78 is 10.9. The van der Waals surface area contributed by atoms with Gasteiger partial charge in [0.05, 0.1) is 17.8 Å². The fourth-order valence-corrected chi connectivity index (χ4v) is 5.18. The summed E-state index contributed by atoms with van der Waals surface area (Å²) >= 11 is 0. The molecule has 0 radical (unpaired) electrons. The minimum atomic E-state index is -1.72. The molecule has 0 aliphatic carbocycles. The summed E-state index contributed by atoms with van der Waals surface area (Å²) in [5, 5.41) is 10.1. The molecule has 1 atom stereocenters. The van der Waals surface area contributed by atoms with E-state index >= 15 is 0 Å². The highest BCUT2D eigenvalue weighted by molar-refractivity contribution is 6.21. The first-order chi connectivity index (χ1) is 14.5. The average molecular weight is 419 g/mol. The molecule has 31 heavy (non-hydrogen) atoms. The van der Waals surface area contributed by atoms with Crippen LogP contribution in [0.5, 0.6) is 0 Å². The number of hydrogen-bond donors (Lipinski definition) is 1. The van der Waals surface area contributed by atoms with Crippen LogP contribution in [0.15, 0.2) is 41.0 Å². The second kappa shape index (κ2) is 6.48. The highest BCUT2D eigenvalue weighted by Crippen LogP contribution is 2.59. The lowest BCUT2D eigenvalue weighted by atomic mass is 9.67. The highest BCUT2D eigenvalue weighted by atomic mass is 16.5. The van der Waals surface area contributed by atoms with E-state index in [9.17, 15) is 14.9 Å². The predicted molar refractivity (Wildman–Crippen MR) is 115 cm³/mol. The zero-order valence-corrected chi connectivity index (χ0v) is 18.5. The quantitative estimate of drug-likeness (QED) is 0.737. The molecular weight excluding hydrogens is 394 g/mol. The first-order valence-corrected chi connectivity index (χ1v) is 10.2. The molecule has 0 unspecified atom stereocenters. The summed E-state index contributed by atoms with van der Waals surface area (Å²) in [6.07, 6.45) is 2.02. The third kappa shape index (κ3) is 2.45. The number of nitrogens with zero attached hydrogens (tertiary/aromatic N) is 2. The Morgan fingerprint density at radius 1 is 1.29 bits per heavy atom. The lowest BCUT2D eigenvalue weighted by molar-refractivity contribution is -0.141. The maximum Gasteiger partial charge on any atom is 0.339 e. The number of fused-ring (bicyclic) bond motifs is 1. The second-order valence-electron chi connectivity index (χ2n) is 8.68. The van der Waals surface area contributed by atoms with Gasteiger partial charge < -0.3 is 20.1 Å². The van der Waals surface area contributed by atoms with Crippen LogP contribution in [-0.2, 0) is 24.5 Å². The van der Waals surface area contributed by atoms with Gasteiger partial charge in [-0.3, -0.25) is 4.79 Å². The van der Waals surface area contributed by atoms with Crippen LogP contribution in [0.25, 0.3) is 5.57 Å². The molecule has 1 aromatic rings. The molecule has 2 N–H and O–H groups in total. The van der Waals surface area contributed by atoms with Crippen LogP contribution in [0.2, 0.25) is 0 Å². The van der Waals surface area contributed by atoms with Gasteiger partial charge in [0.25, 0.3) is 0 Å². The van der Waals surface area contributed by atoms with E-state index in [2.05, 4.69) is 6.07 Å². The zero-order valence-electron chi connectivity index (χ0n) is 18.5. The van der Waals surface area contributed by atoms with E-state index in [4.69, 9.17) is 15.2 Å². The molecular formula is C24H25N3O4. The molecule has 3 aliphatic heterocycles. The number of ether oxygens (including phenoxy) is 2. The van der Waals surface area contributed by atoms with Gasteiger partial charge in [-0.25, -0.2) is 4.79 Å². The largest absolute Gasteiger partial charge is 0.462 e. The third-order valence-electron chi connectivity index (χ3n) is 6.18. The van der Waals surface area contributed by atoms with Gasteiger partial charge in [-0.2, -0.15) is 5.26 Å². The molecule has 3 heterocycles. The van der Waals surface area contributed by atoms with Crippen molar-refractivity contribution in [3.05, 3.63) is 57.7 Å². The Labute approximate surface area is 181 Å². The minimum absolute atomic E-state index is 0.000697. The van der Waals surface area contributed by atoms with Gasteiger partial charge in [0.2, 0.25) is 11.8 Å². The molecule has 0 aromatic heterocycles. The van der Waals surface area contributed by atoms with Crippen LogP contribution >= 0.6 is 0 Å². The molecule has 1 amide bonds. The Balaban J connectivity index is 2.20. The van der Waals surface area contributed by atoms with E-state index in [1.165, 1.54) is 0 Å². The summed E-state index contributed by atoms with van der Waals surface area (Å²) in [5.41, 5.74) is 7.69. The number of rotatable bonds is 2. The number of carbonyl (C=O) groups excluding carboxylic acids is 2. The molecule has 3 aliphatic rings. The van der Waals surface area contributed by atoms with Gasteiger partial charge in [-0.1, -0.05) is 17.7 Å². The topological polar surface area (TPSA) is 106 Å². The van der Waals surface area contributed by atoms with E-state index in [1.54, 1.807) is 18.7 Å². The Morgan fingerprint density at radius 3 is 2.58 bits per heavy atom. The van der Waals surface area contributed by atoms with Crippen LogP contribution in [0.3, 0.4) is 0 Å². The number of nitrogens with two attached hydrogens (primary N) is 1. The standard InChI is InChI=1S/C24H25N3O4/c1-7-30-21(28)18-14(4)31-20(26)17(11-25)24(18)16-9-12(2)8-15-13(3)10-23(5,6)27(19(15)16)22(24)29/h8-10H,7,26H2,1-6H3/t24-/m1/s1. The zero-order chi connectivity index (χ0) is 22.9. The van der Waals surface area contributed by atoms with Gasteiger partial charge in [-0.15, -0.1) is 0 Å². The summed E-state index contributed by atoms with van der Waals surface area (Å²) in [6.45, 7) is 11.1. The van der Waals surface area contributed by atoms with Crippen molar-refractivity contribution in [3.8, 4) is 6.07 Å². The number of nitriles is 1. The predicted octanol–water partition coefficient (Wildman–Crippen LogP) is 3.34. The summed E-state index contributed by atoms with van der Waals surface area (Å²) in [4.78, 5) is 29.2. The van der Waals surface area contributed by atoms with Gasteiger partial charge in [0.1, 0.15) is 23.0 Å². The summed E-state index contributed by atoms with van der Waals surface area (Å²) in [7, 11) is 0. The molecule has 160 valence electrons. The van der Waals surface area contributed by atoms with Crippen molar-refractivity contribution in [3.63, 3.8) is 0 Å². The Kier molecular flexibility index (Phi) is 4.33. The van der Waals surface area contributed by atoms with Crippen LogP contribution in [-0.4, -0.2) is 24.0 Å². The maximum atomic E-state index is 14.3.